The van der Waals surface area contributed by atoms with Crippen LogP contribution >= 0.6 is 0 Å². The van der Waals surface area contributed by atoms with Crippen molar-refractivity contribution in [3.63, 3.8) is 0 Å². The maximum absolute atomic E-state index is 12.8. The molecule has 1 saturated carbocycles. The van der Waals surface area contributed by atoms with Gasteiger partial charge in [-0.2, -0.15) is 0 Å². The number of hydrogen-bond acceptors (Lipinski definition) is 7. The van der Waals surface area contributed by atoms with Gasteiger partial charge in [-0.15, -0.1) is 0 Å². The maximum atomic E-state index is 12.8. The third-order valence-corrected chi connectivity index (χ3v) is 8.67. The Bertz CT molecular complexity index is 1320. The first-order valence-corrected chi connectivity index (χ1v) is 13.7. The highest BCUT2D eigenvalue weighted by Crippen LogP contribution is 2.60. The minimum atomic E-state index is -0.562. The number of phenols is 3. The third kappa shape index (κ3) is 5.36. The van der Waals surface area contributed by atoms with Crippen molar-refractivity contribution in [3.8, 4) is 23.0 Å². The van der Waals surface area contributed by atoms with E-state index in [0.717, 1.165) is 54.4 Å². The molecule has 7 nitrogen and oxygen atoms in total. The molecule has 2 aliphatic rings. The zero-order valence-electron chi connectivity index (χ0n) is 23.8. The Hall–Kier alpha value is -3.48. The smallest absolute Gasteiger partial charge is 0.338 e. The quantitative estimate of drug-likeness (QED) is 0.164. The Labute approximate surface area is 230 Å². The first kappa shape index (κ1) is 28.5. The van der Waals surface area contributed by atoms with E-state index in [4.69, 9.17) is 9.47 Å². The van der Waals surface area contributed by atoms with Gasteiger partial charge < -0.3 is 24.8 Å². The second-order valence-electron chi connectivity index (χ2n) is 12.3. The number of esters is 2. The van der Waals surface area contributed by atoms with Gasteiger partial charge in [-0.1, -0.05) is 45.8 Å². The van der Waals surface area contributed by atoms with E-state index < -0.39 is 17.4 Å². The monoisotopic (exact) mass is 536 g/mol. The Morgan fingerprint density at radius 2 is 1.79 bits per heavy atom. The summed E-state index contributed by atoms with van der Waals surface area (Å²) < 4.78 is 11.5. The fraction of sp³-hybridized carbons (Fsp3) is 0.500. The van der Waals surface area contributed by atoms with Crippen molar-refractivity contribution in [2.45, 2.75) is 85.0 Å². The highest BCUT2D eigenvalue weighted by atomic mass is 16.5. The summed E-state index contributed by atoms with van der Waals surface area (Å²) in [5.74, 6) is -1.30. The van der Waals surface area contributed by atoms with Crippen molar-refractivity contribution >= 4 is 11.9 Å². The molecule has 39 heavy (non-hydrogen) atoms. The summed E-state index contributed by atoms with van der Waals surface area (Å²) in [4.78, 5) is 25.4. The van der Waals surface area contributed by atoms with Gasteiger partial charge in [0.25, 0.3) is 0 Å². The molecule has 0 bridgehead atoms. The number of ether oxygens (including phenoxy) is 2. The highest BCUT2D eigenvalue weighted by molar-refractivity contribution is 5.90. The van der Waals surface area contributed by atoms with E-state index in [2.05, 4.69) is 19.9 Å². The molecule has 0 amide bonds. The molecule has 210 valence electrons. The molecule has 2 aliphatic carbocycles. The third-order valence-electron chi connectivity index (χ3n) is 8.67. The minimum Gasteiger partial charge on any atom is -0.504 e. The first-order valence-electron chi connectivity index (χ1n) is 13.7. The van der Waals surface area contributed by atoms with Crippen LogP contribution in [0.2, 0.25) is 0 Å². The molecule has 3 atom stereocenters. The van der Waals surface area contributed by atoms with Crippen LogP contribution in [0.25, 0.3) is 0 Å². The van der Waals surface area contributed by atoms with Crippen molar-refractivity contribution < 1.29 is 34.4 Å². The number of phenolic OH excluding ortho intramolecular Hbond substituents is 3. The van der Waals surface area contributed by atoms with Crippen molar-refractivity contribution in [1.29, 1.82) is 0 Å². The van der Waals surface area contributed by atoms with Crippen molar-refractivity contribution in [1.82, 2.24) is 0 Å². The van der Waals surface area contributed by atoms with Crippen LogP contribution in [0.15, 0.2) is 35.9 Å². The topological polar surface area (TPSA) is 113 Å². The van der Waals surface area contributed by atoms with Crippen molar-refractivity contribution in [2.24, 2.45) is 11.3 Å². The number of aryl methyl sites for hydroxylation is 1. The van der Waals surface area contributed by atoms with Crippen LogP contribution < -0.4 is 4.74 Å². The number of fused-ring (bicyclic) bond motifs is 3. The van der Waals surface area contributed by atoms with Crippen LogP contribution in [0.1, 0.15) is 100 Å². The standard InChI is InChI=1S/C32H40O7/c1-18(2)14-26(35)39-29-22(19(3)4)15-20-9-11-25-31(5,12-7-13-32(25,6)27(20)28(29)36)17-38-30(37)21-8-10-23(33)24(34)16-21/h8,10,14-16,19,25,33-34,36H,7,9,11-13,17H2,1-6H3/t25?,31-,32+/m1/s1. The van der Waals surface area contributed by atoms with Crippen LogP contribution in [0, 0.1) is 11.3 Å². The summed E-state index contributed by atoms with van der Waals surface area (Å²) in [7, 11) is 0. The van der Waals surface area contributed by atoms with Gasteiger partial charge >= 0.3 is 11.9 Å². The average Bonchev–Trinajstić information content (AvgIpc) is 2.84. The number of hydrogen-bond donors (Lipinski definition) is 3. The van der Waals surface area contributed by atoms with Gasteiger partial charge in [0, 0.05) is 28.0 Å². The van der Waals surface area contributed by atoms with E-state index in [1.807, 2.05) is 27.7 Å². The summed E-state index contributed by atoms with van der Waals surface area (Å²) in [6.07, 6.45) is 5.68. The van der Waals surface area contributed by atoms with Gasteiger partial charge in [-0.25, -0.2) is 9.59 Å². The summed E-state index contributed by atoms with van der Waals surface area (Å²) in [6, 6.07) is 5.98. The molecule has 1 unspecified atom stereocenters. The number of carbonyl (C=O) groups is 2. The van der Waals surface area contributed by atoms with Crippen LogP contribution in [-0.4, -0.2) is 33.9 Å². The van der Waals surface area contributed by atoms with Crippen LogP contribution in [0.3, 0.4) is 0 Å². The molecule has 0 aromatic heterocycles. The zero-order chi connectivity index (χ0) is 28.7. The zero-order valence-corrected chi connectivity index (χ0v) is 23.8. The van der Waals surface area contributed by atoms with E-state index in [9.17, 15) is 24.9 Å². The van der Waals surface area contributed by atoms with E-state index in [-0.39, 0.29) is 52.4 Å². The Balaban J connectivity index is 1.68. The number of carbonyl (C=O) groups excluding carboxylic acids is 2. The van der Waals surface area contributed by atoms with Gasteiger partial charge in [-0.05, 0) is 75.1 Å². The molecule has 3 N–H and O–H groups in total. The molecule has 7 heteroatoms. The van der Waals surface area contributed by atoms with E-state index in [1.165, 1.54) is 24.3 Å². The van der Waals surface area contributed by atoms with Crippen LogP contribution in [0.5, 0.6) is 23.0 Å². The molecule has 0 aliphatic heterocycles. The molecule has 2 aromatic rings. The van der Waals surface area contributed by atoms with Crippen molar-refractivity contribution in [3.05, 3.63) is 58.2 Å². The summed E-state index contributed by atoms with van der Waals surface area (Å²) >= 11 is 0. The van der Waals surface area contributed by atoms with E-state index >= 15 is 0 Å². The van der Waals surface area contributed by atoms with Crippen molar-refractivity contribution in [2.75, 3.05) is 6.61 Å². The predicted molar refractivity (Wildman–Crippen MR) is 148 cm³/mol. The lowest BCUT2D eigenvalue weighted by Crippen LogP contribution is -2.51. The Morgan fingerprint density at radius 3 is 2.44 bits per heavy atom. The van der Waals surface area contributed by atoms with Gasteiger partial charge in [0.05, 0.1) is 12.2 Å². The van der Waals surface area contributed by atoms with Gasteiger partial charge in [0.2, 0.25) is 0 Å². The van der Waals surface area contributed by atoms with E-state index in [1.54, 1.807) is 0 Å². The molecule has 0 saturated heterocycles. The summed E-state index contributed by atoms with van der Waals surface area (Å²) in [6.45, 7) is 12.2. The first-order chi connectivity index (χ1) is 18.3. The molecular weight excluding hydrogens is 496 g/mol. The molecule has 1 fully saturated rings. The second-order valence-corrected chi connectivity index (χ2v) is 12.3. The SMILES string of the molecule is CC(C)=CC(=O)Oc1c(C(C)C)cc2c(c1O)[C@@]1(C)CCC[C@](C)(COC(=O)c3ccc(O)c(O)c3)C1CC2. The molecule has 0 radical (unpaired) electrons. The fourth-order valence-corrected chi connectivity index (χ4v) is 6.84. The normalized spacial score (nSPS) is 23.9. The van der Waals surface area contributed by atoms with Crippen LogP contribution in [0.4, 0.5) is 0 Å². The Morgan fingerprint density at radius 1 is 1.08 bits per heavy atom. The Kier molecular flexibility index (Phi) is 7.75. The number of benzene rings is 2. The number of allylic oxidation sites excluding steroid dienone is 1. The molecule has 0 heterocycles. The lowest BCUT2D eigenvalue weighted by atomic mass is 9.49. The molecule has 0 spiro atoms. The predicted octanol–water partition coefficient (Wildman–Crippen LogP) is 6.67. The van der Waals surface area contributed by atoms with Gasteiger partial charge in [0.1, 0.15) is 0 Å². The van der Waals surface area contributed by atoms with Gasteiger partial charge in [-0.3, -0.25) is 0 Å². The lowest BCUT2D eigenvalue weighted by Gasteiger charge is -2.55. The van der Waals surface area contributed by atoms with Crippen LogP contribution in [-0.2, 0) is 21.4 Å². The maximum Gasteiger partial charge on any atom is 0.338 e. The molecular formula is C32H40O7. The molecule has 2 aromatic carbocycles. The minimum absolute atomic E-state index is 0.0414. The molecule has 4 rings (SSSR count). The van der Waals surface area contributed by atoms with E-state index in [0.29, 0.717) is 0 Å². The average molecular weight is 537 g/mol. The number of aromatic hydroxyl groups is 3. The summed E-state index contributed by atoms with van der Waals surface area (Å²) in [5, 5.41) is 31.1. The fourth-order valence-electron chi connectivity index (χ4n) is 6.84. The largest absolute Gasteiger partial charge is 0.504 e. The highest BCUT2D eigenvalue weighted by Gasteiger charge is 2.54. The van der Waals surface area contributed by atoms with Gasteiger partial charge in [0.15, 0.2) is 23.0 Å². The lowest BCUT2D eigenvalue weighted by molar-refractivity contribution is -0.129. The summed E-state index contributed by atoms with van der Waals surface area (Å²) in [5.41, 5.74) is 2.97. The second kappa shape index (κ2) is 10.6. The number of rotatable bonds is 6.